The van der Waals surface area contributed by atoms with Crippen LogP contribution in [0.4, 0.5) is 11.4 Å². The van der Waals surface area contributed by atoms with Gasteiger partial charge < -0.3 is 14.5 Å². The SMILES string of the molecule is CCN(CC)c1ccc(C=C2CCC(C=NN=Cc3ccc([N+](=O)[O-])cc3)=C2N2CCOCC2)cc1. The van der Waals surface area contributed by atoms with Gasteiger partial charge in [-0.05, 0) is 79.3 Å². The lowest BCUT2D eigenvalue weighted by molar-refractivity contribution is -0.384. The number of anilines is 1. The van der Waals surface area contributed by atoms with E-state index in [1.165, 1.54) is 40.2 Å². The first-order valence-electron chi connectivity index (χ1n) is 12.5. The molecule has 1 aliphatic heterocycles. The van der Waals surface area contributed by atoms with Crippen molar-refractivity contribution in [2.24, 2.45) is 10.2 Å². The number of hydrogen-bond acceptors (Lipinski definition) is 7. The number of rotatable bonds is 9. The Hall–Kier alpha value is -3.78. The van der Waals surface area contributed by atoms with Crippen LogP contribution in [-0.2, 0) is 4.74 Å². The highest BCUT2D eigenvalue weighted by Crippen LogP contribution is 2.35. The van der Waals surface area contributed by atoms with Crippen molar-refractivity contribution in [3.05, 3.63) is 86.6 Å². The van der Waals surface area contributed by atoms with Crippen LogP contribution < -0.4 is 4.90 Å². The lowest BCUT2D eigenvalue weighted by Crippen LogP contribution is -2.36. The standard InChI is InChI=1S/C28H33N5O3/c1-3-31(4-2)26-11-5-22(6-12-26)19-24-9-10-25(28(24)32-15-17-36-18-16-32)21-30-29-20-23-7-13-27(14-8-23)33(34)35/h5-8,11-14,19-21H,3-4,9-10,15-18H2,1-2H3. The zero-order valence-electron chi connectivity index (χ0n) is 21.0. The molecular formula is C28H33N5O3. The maximum atomic E-state index is 10.8. The predicted molar refractivity (Wildman–Crippen MR) is 146 cm³/mol. The van der Waals surface area contributed by atoms with Crippen LogP contribution in [0.5, 0.6) is 0 Å². The first-order valence-corrected chi connectivity index (χ1v) is 12.5. The van der Waals surface area contributed by atoms with Gasteiger partial charge in [0.25, 0.3) is 5.69 Å². The van der Waals surface area contributed by atoms with Crippen molar-refractivity contribution in [3.8, 4) is 0 Å². The summed E-state index contributed by atoms with van der Waals surface area (Å²) in [6.45, 7) is 9.50. The van der Waals surface area contributed by atoms with E-state index in [9.17, 15) is 10.1 Å². The number of morpholine rings is 1. The van der Waals surface area contributed by atoms with Gasteiger partial charge in [-0.2, -0.15) is 10.2 Å². The molecule has 2 aromatic carbocycles. The molecule has 36 heavy (non-hydrogen) atoms. The molecule has 1 heterocycles. The summed E-state index contributed by atoms with van der Waals surface area (Å²) in [7, 11) is 0. The molecular weight excluding hydrogens is 454 g/mol. The fraction of sp³-hybridized carbons (Fsp3) is 0.357. The smallest absolute Gasteiger partial charge is 0.269 e. The molecule has 2 aromatic rings. The van der Waals surface area contributed by atoms with E-state index in [1.54, 1.807) is 18.3 Å². The monoisotopic (exact) mass is 487 g/mol. The minimum atomic E-state index is -0.413. The molecule has 2 aliphatic rings. The summed E-state index contributed by atoms with van der Waals surface area (Å²) in [5.41, 5.74) is 6.99. The van der Waals surface area contributed by atoms with E-state index in [0.717, 1.165) is 57.8 Å². The number of nitrogens with zero attached hydrogens (tertiary/aromatic N) is 5. The van der Waals surface area contributed by atoms with Crippen molar-refractivity contribution < 1.29 is 9.66 Å². The van der Waals surface area contributed by atoms with Gasteiger partial charge in [-0.15, -0.1) is 0 Å². The van der Waals surface area contributed by atoms with Gasteiger partial charge in [-0.3, -0.25) is 10.1 Å². The maximum Gasteiger partial charge on any atom is 0.269 e. The van der Waals surface area contributed by atoms with Gasteiger partial charge in [0.05, 0.1) is 30.6 Å². The van der Waals surface area contributed by atoms with E-state index in [-0.39, 0.29) is 5.69 Å². The first-order chi connectivity index (χ1) is 17.6. The normalized spacial score (nSPS) is 17.6. The van der Waals surface area contributed by atoms with Gasteiger partial charge in [-0.25, -0.2) is 0 Å². The topological polar surface area (TPSA) is 83.6 Å². The summed E-state index contributed by atoms with van der Waals surface area (Å²) in [6, 6.07) is 15.0. The fourth-order valence-electron chi connectivity index (χ4n) is 4.63. The second kappa shape index (κ2) is 12.3. The number of hydrogen-bond donors (Lipinski definition) is 0. The van der Waals surface area contributed by atoms with Gasteiger partial charge in [-0.1, -0.05) is 12.1 Å². The average molecular weight is 488 g/mol. The van der Waals surface area contributed by atoms with Crippen molar-refractivity contribution in [1.29, 1.82) is 0 Å². The van der Waals surface area contributed by atoms with Crippen LogP contribution in [-0.4, -0.2) is 61.6 Å². The molecule has 0 aromatic heterocycles. The van der Waals surface area contributed by atoms with Crippen molar-refractivity contribution in [1.82, 2.24) is 4.90 Å². The van der Waals surface area contributed by atoms with E-state index in [0.29, 0.717) is 0 Å². The van der Waals surface area contributed by atoms with Crippen molar-refractivity contribution >= 4 is 29.9 Å². The minimum absolute atomic E-state index is 0.0592. The summed E-state index contributed by atoms with van der Waals surface area (Å²) >= 11 is 0. The highest BCUT2D eigenvalue weighted by molar-refractivity contribution is 5.85. The Bertz CT molecular complexity index is 1160. The van der Waals surface area contributed by atoms with E-state index < -0.39 is 4.92 Å². The molecule has 0 amide bonds. The number of benzene rings is 2. The van der Waals surface area contributed by atoms with E-state index in [2.05, 4.69) is 64.2 Å². The quantitative estimate of drug-likeness (QED) is 0.272. The number of allylic oxidation sites excluding steroid dienone is 2. The molecule has 8 heteroatoms. The zero-order chi connectivity index (χ0) is 25.3. The van der Waals surface area contributed by atoms with Crippen molar-refractivity contribution in [2.75, 3.05) is 44.3 Å². The summed E-state index contributed by atoms with van der Waals surface area (Å²) < 4.78 is 5.59. The third-order valence-electron chi connectivity index (χ3n) is 6.55. The van der Waals surface area contributed by atoms with Crippen LogP contribution in [0, 0.1) is 10.1 Å². The molecule has 0 radical (unpaired) electrons. The summed E-state index contributed by atoms with van der Waals surface area (Å²) in [6.07, 6.45) is 7.61. The number of non-ortho nitro benzene ring substituents is 1. The lowest BCUT2D eigenvalue weighted by Gasteiger charge is -2.31. The molecule has 1 saturated heterocycles. The predicted octanol–water partition coefficient (Wildman–Crippen LogP) is 5.31. The Labute approximate surface area is 212 Å². The van der Waals surface area contributed by atoms with Gasteiger partial charge in [0, 0.05) is 49.7 Å². The number of nitro benzene ring substituents is 1. The molecule has 8 nitrogen and oxygen atoms in total. The van der Waals surface area contributed by atoms with Gasteiger partial charge in [0.15, 0.2) is 0 Å². The van der Waals surface area contributed by atoms with Gasteiger partial charge in [0.2, 0.25) is 0 Å². The Balaban J connectivity index is 1.54. The fourth-order valence-corrected chi connectivity index (χ4v) is 4.63. The number of nitro groups is 1. The molecule has 188 valence electrons. The first kappa shape index (κ1) is 25.3. The Kier molecular flexibility index (Phi) is 8.62. The van der Waals surface area contributed by atoms with Crippen LogP contribution in [0.15, 0.2) is 75.6 Å². The molecule has 0 N–H and O–H groups in total. The lowest BCUT2D eigenvalue weighted by atomic mass is 10.1. The third kappa shape index (κ3) is 6.26. The summed E-state index contributed by atoms with van der Waals surface area (Å²) in [5.74, 6) is 0. The summed E-state index contributed by atoms with van der Waals surface area (Å²) in [4.78, 5) is 15.1. The Morgan fingerprint density at radius 3 is 2.22 bits per heavy atom. The highest BCUT2D eigenvalue weighted by atomic mass is 16.6. The van der Waals surface area contributed by atoms with Crippen LogP contribution >= 0.6 is 0 Å². The van der Waals surface area contributed by atoms with Gasteiger partial charge in [0.1, 0.15) is 0 Å². The number of ether oxygens (including phenoxy) is 1. The average Bonchev–Trinajstić information content (AvgIpc) is 3.31. The largest absolute Gasteiger partial charge is 0.378 e. The molecule has 0 atom stereocenters. The van der Waals surface area contributed by atoms with E-state index >= 15 is 0 Å². The molecule has 0 spiro atoms. The molecule has 4 rings (SSSR count). The minimum Gasteiger partial charge on any atom is -0.378 e. The van der Waals surface area contributed by atoms with Crippen LogP contribution in [0.1, 0.15) is 37.8 Å². The molecule has 0 saturated carbocycles. The second-order valence-corrected chi connectivity index (χ2v) is 8.74. The van der Waals surface area contributed by atoms with Crippen LogP contribution in [0.3, 0.4) is 0 Å². The molecule has 0 unspecified atom stereocenters. The van der Waals surface area contributed by atoms with Gasteiger partial charge >= 0.3 is 0 Å². The molecule has 1 fully saturated rings. The zero-order valence-corrected chi connectivity index (χ0v) is 21.0. The Morgan fingerprint density at radius 2 is 1.58 bits per heavy atom. The Morgan fingerprint density at radius 1 is 0.944 bits per heavy atom. The molecule has 0 bridgehead atoms. The van der Waals surface area contributed by atoms with Crippen molar-refractivity contribution in [2.45, 2.75) is 26.7 Å². The van der Waals surface area contributed by atoms with Crippen LogP contribution in [0.2, 0.25) is 0 Å². The highest BCUT2D eigenvalue weighted by Gasteiger charge is 2.25. The van der Waals surface area contributed by atoms with E-state index in [4.69, 9.17) is 4.74 Å². The van der Waals surface area contributed by atoms with E-state index in [1.807, 2.05) is 6.21 Å². The second-order valence-electron chi connectivity index (χ2n) is 8.74. The van der Waals surface area contributed by atoms with Crippen LogP contribution in [0.25, 0.3) is 6.08 Å². The maximum absolute atomic E-state index is 10.8. The van der Waals surface area contributed by atoms with Crippen molar-refractivity contribution in [3.63, 3.8) is 0 Å². The summed E-state index contributed by atoms with van der Waals surface area (Å²) in [5, 5.41) is 19.3. The molecule has 1 aliphatic carbocycles. The third-order valence-corrected chi connectivity index (χ3v) is 6.55.